The molecule has 0 radical (unpaired) electrons. The number of piperazine rings is 1. The Morgan fingerprint density at radius 2 is 1.82 bits per heavy atom. The average molecular weight is 377 g/mol. The fourth-order valence-electron chi connectivity index (χ4n) is 4.50. The van der Waals surface area contributed by atoms with Crippen molar-refractivity contribution < 1.29 is 14.6 Å². The van der Waals surface area contributed by atoms with Gasteiger partial charge in [0.05, 0.1) is 11.6 Å². The summed E-state index contributed by atoms with van der Waals surface area (Å²) in [6.07, 6.45) is 0.965. The predicted molar refractivity (Wildman–Crippen MR) is 108 cm³/mol. The first-order valence-electron chi connectivity index (χ1n) is 10.2. The minimum atomic E-state index is 0.00242. The fraction of sp³-hybridized carbons (Fsp3) is 0.391. The van der Waals surface area contributed by atoms with E-state index in [1.807, 2.05) is 23.1 Å². The first-order chi connectivity index (χ1) is 13.7. The number of benzene rings is 2. The molecule has 0 unspecified atom stereocenters. The van der Waals surface area contributed by atoms with Gasteiger partial charge >= 0.3 is 0 Å². The van der Waals surface area contributed by atoms with Crippen molar-refractivity contribution >= 4 is 11.6 Å². The predicted octanol–water partition coefficient (Wildman–Crippen LogP) is -0.181. The Kier molecular flexibility index (Phi) is 5.43. The molecule has 0 saturated carbocycles. The lowest BCUT2D eigenvalue weighted by Gasteiger charge is -2.34. The first kappa shape index (κ1) is 18.7. The van der Waals surface area contributed by atoms with E-state index in [0.29, 0.717) is 5.56 Å². The molecule has 1 saturated heterocycles. The van der Waals surface area contributed by atoms with Crippen LogP contribution < -0.4 is 14.7 Å². The molecule has 2 aliphatic rings. The van der Waals surface area contributed by atoms with Crippen LogP contribution in [0.5, 0.6) is 0 Å². The number of nitriles is 1. The number of para-hydroxylation sites is 1. The van der Waals surface area contributed by atoms with Crippen LogP contribution in [0.1, 0.15) is 23.6 Å². The number of rotatable bonds is 4. The lowest BCUT2D eigenvalue weighted by Crippen LogP contribution is -3.29. The van der Waals surface area contributed by atoms with Crippen LogP contribution in [0.4, 0.5) is 5.69 Å². The van der Waals surface area contributed by atoms with Crippen molar-refractivity contribution in [2.45, 2.75) is 25.9 Å². The molecule has 2 aromatic rings. The van der Waals surface area contributed by atoms with Gasteiger partial charge in [-0.15, -0.1) is 0 Å². The van der Waals surface area contributed by atoms with Crippen molar-refractivity contribution in [1.29, 1.82) is 5.26 Å². The molecule has 2 aromatic carbocycles. The normalized spacial score (nSPS) is 22.4. The summed E-state index contributed by atoms with van der Waals surface area (Å²) >= 11 is 0. The van der Waals surface area contributed by atoms with Crippen molar-refractivity contribution in [2.24, 2.45) is 0 Å². The molecule has 2 N–H and O–H groups in total. The molecule has 28 heavy (non-hydrogen) atoms. The quantitative estimate of drug-likeness (QED) is 0.778. The van der Waals surface area contributed by atoms with Gasteiger partial charge in [-0.1, -0.05) is 30.3 Å². The van der Waals surface area contributed by atoms with E-state index in [2.05, 4.69) is 43.3 Å². The molecule has 5 nitrogen and oxygen atoms in total. The molecule has 144 valence electrons. The Bertz CT molecular complexity index is 878. The highest BCUT2D eigenvalue weighted by atomic mass is 16.2. The molecule has 0 bridgehead atoms. The fourth-order valence-corrected chi connectivity index (χ4v) is 4.50. The van der Waals surface area contributed by atoms with Crippen molar-refractivity contribution in [3.63, 3.8) is 0 Å². The van der Waals surface area contributed by atoms with Crippen LogP contribution in [0.15, 0.2) is 48.5 Å². The van der Waals surface area contributed by atoms with Gasteiger partial charge in [0.15, 0.2) is 6.04 Å². The van der Waals surface area contributed by atoms with Crippen molar-refractivity contribution in [2.75, 3.05) is 37.6 Å². The number of quaternary nitrogens is 2. The third kappa shape index (κ3) is 3.80. The maximum atomic E-state index is 13.1. The SMILES string of the molecule is C[C@@H](C(=O)N1CCc2ccccc21)[NH+]1CC[NH+](Cc2ccc(C#N)cc2)CC1. The second-order valence-electron chi connectivity index (χ2n) is 7.98. The highest BCUT2D eigenvalue weighted by Crippen LogP contribution is 2.27. The second-order valence-corrected chi connectivity index (χ2v) is 7.98. The summed E-state index contributed by atoms with van der Waals surface area (Å²) in [4.78, 5) is 18.1. The zero-order valence-electron chi connectivity index (χ0n) is 16.4. The van der Waals surface area contributed by atoms with Gasteiger partial charge < -0.3 is 14.7 Å². The van der Waals surface area contributed by atoms with Gasteiger partial charge in [0.25, 0.3) is 5.91 Å². The Balaban J connectivity index is 1.32. The van der Waals surface area contributed by atoms with Gasteiger partial charge in [0.1, 0.15) is 32.7 Å². The number of hydrogen-bond acceptors (Lipinski definition) is 2. The highest BCUT2D eigenvalue weighted by Gasteiger charge is 2.35. The molecule has 2 aliphatic heterocycles. The lowest BCUT2D eigenvalue weighted by molar-refractivity contribution is -1.02. The van der Waals surface area contributed by atoms with Gasteiger partial charge in [0, 0.05) is 17.8 Å². The molecule has 0 spiro atoms. The Hall–Kier alpha value is -2.68. The van der Waals surface area contributed by atoms with E-state index < -0.39 is 0 Å². The standard InChI is InChI=1S/C23H26N4O/c1-18(23(28)27-11-10-21-4-2-3-5-22(21)27)26-14-12-25(13-15-26)17-20-8-6-19(16-24)7-9-20/h2-9,18H,10-15,17H2,1H3/p+2/t18-/m0/s1. The van der Waals surface area contributed by atoms with Crippen LogP contribution in [-0.4, -0.2) is 44.7 Å². The molecule has 0 aliphatic carbocycles. The molecule has 1 amide bonds. The number of nitrogens with one attached hydrogen (secondary N) is 2. The Morgan fingerprint density at radius 3 is 2.54 bits per heavy atom. The topological polar surface area (TPSA) is 53.0 Å². The first-order valence-corrected chi connectivity index (χ1v) is 10.2. The third-order valence-electron chi connectivity index (χ3n) is 6.27. The van der Waals surface area contributed by atoms with E-state index in [4.69, 9.17) is 5.26 Å². The van der Waals surface area contributed by atoms with E-state index in [1.54, 1.807) is 4.90 Å². The minimum Gasteiger partial charge on any atom is -0.322 e. The Morgan fingerprint density at radius 1 is 1.11 bits per heavy atom. The molecular formula is C23H28N4O+2. The summed E-state index contributed by atoms with van der Waals surface area (Å²) in [6, 6.07) is 18.4. The second kappa shape index (κ2) is 8.14. The van der Waals surface area contributed by atoms with E-state index in [1.165, 1.54) is 16.0 Å². The molecular weight excluding hydrogens is 348 g/mol. The molecule has 1 fully saturated rings. The number of amides is 1. The van der Waals surface area contributed by atoms with Crippen molar-refractivity contribution in [3.05, 3.63) is 65.2 Å². The maximum absolute atomic E-state index is 13.1. The maximum Gasteiger partial charge on any atom is 0.284 e. The number of carbonyl (C=O) groups excluding carboxylic acids is 1. The lowest BCUT2D eigenvalue weighted by atomic mass is 10.1. The molecule has 0 aromatic heterocycles. The summed E-state index contributed by atoms with van der Waals surface area (Å²) in [5, 5.41) is 8.92. The van der Waals surface area contributed by atoms with Crippen molar-refractivity contribution in [3.8, 4) is 6.07 Å². The number of anilines is 1. The number of nitrogens with zero attached hydrogens (tertiary/aromatic N) is 2. The summed E-state index contributed by atoms with van der Waals surface area (Å²) in [5.74, 6) is 0.260. The molecule has 1 atom stereocenters. The molecule has 5 heteroatoms. The van der Waals surface area contributed by atoms with Gasteiger partial charge in [-0.3, -0.25) is 4.79 Å². The van der Waals surface area contributed by atoms with Crippen LogP contribution in [0.2, 0.25) is 0 Å². The van der Waals surface area contributed by atoms with E-state index in [-0.39, 0.29) is 11.9 Å². The van der Waals surface area contributed by atoms with Gasteiger partial charge in [-0.2, -0.15) is 5.26 Å². The zero-order valence-corrected chi connectivity index (χ0v) is 16.4. The summed E-state index contributed by atoms with van der Waals surface area (Å²) in [6.45, 7) is 8.08. The number of hydrogen-bond donors (Lipinski definition) is 2. The van der Waals surface area contributed by atoms with E-state index in [0.717, 1.165) is 51.4 Å². The summed E-state index contributed by atoms with van der Waals surface area (Å²) < 4.78 is 0. The van der Waals surface area contributed by atoms with Gasteiger partial charge in [0.2, 0.25) is 0 Å². The van der Waals surface area contributed by atoms with Gasteiger partial charge in [-0.05, 0) is 37.1 Å². The van der Waals surface area contributed by atoms with Crippen LogP contribution >= 0.6 is 0 Å². The molecule has 4 rings (SSSR count). The highest BCUT2D eigenvalue weighted by molar-refractivity contribution is 5.97. The number of fused-ring (bicyclic) bond motifs is 1. The smallest absolute Gasteiger partial charge is 0.284 e. The summed E-state index contributed by atoms with van der Waals surface area (Å²) in [5.41, 5.74) is 4.37. The van der Waals surface area contributed by atoms with Crippen LogP contribution in [0.25, 0.3) is 0 Å². The van der Waals surface area contributed by atoms with Crippen molar-refractivity contribution in [1.82, 2.24) is 0 Å². The zero-order chi connectivity index (χ0) is 19.5. The van der Waals surface area contributed by atoms with Crippen LogP contribution in [0.3, 0.4) is 0 Å². The Labute approximate surface area is 166 Å². The monoisotopic (exact) mass is 376 g/mol. The van der Waals surface area contributed by atoms with Gasteiger partial charge in [-0.25, -0.2) is 0 Å². The largest absolute Gasteiger partial charge is 0.322 e. The van der Waals surface area contributed by atoms with E-state index >= 15 is 0 Å². The van der Waals surface area contributed by atoms with Crippen LogP contribution in [0, 0.1) is 11.3 Å². The summed E-state index contributed by atoms with van der Waals surface area (Å²) in [7, 11) is 0. The number of carbonyl (C=O) groups is 1. The molecule has 2 heterocycles. The van der Waals surface area contributed by atoms with Crippen LogP contribution in [-0.2, 0) is 17.8 Å². The average Bonchev–Trinajstić information content (AvgIpc) is 3.18. The minimum absolute atomic E-state index is 0.00242. The third-order valence-corrected chi connectivity index (χ3v) is 6.27. The van der Waals surface area contributed by atoms with E-state index in [9.17, 15) is 4.79 Å².